The highest BCUT2D eigenvalue weighted by atomic mass is 16.5. The maximum absolute atomic E-state index is 6.08. The van der Waals surface area contributed by atoms with Crippen LogP contribution in [0.3, 0.4) is 0 Å². The number of hydrogen-bond acceptors (Lipinski definition) is 3. The summed E-state index contributed by atoms with van der Waals surface area (Å²) in [7, 11) is 3.63. The molecule has 1 aromatic rings. The first-order valence-electron chi connectivity index (χ1n) is 6.31. The van der Waals surface area contributed by atoms with E-state index < -0.39 is 0 Å². The van der Waals surface area contributed by atoms with E-state index in [9.17, 15) is 0 Å². The molecule has 1 N–H and O–H groups in total. The van der Waals surface area contributed by atoms with Crippen LogP contribution in [0.5, 0.6) is 11.5 Å². The molecule has 0 heterocycles. The van der Waals surface area contributed by atoms with E-state index in [0.717, 1.165) is 18.0 Å². The molecule has 2 rings (SSSR count). The second-order valence-electron chi connectivity index (χ2n) is 4.53. The fraction of sp³-hybridized carbons (Fsp3) is 0.571. The summed E-state index contributed by atoms with van der Waals surface area (Å²) >= 11 is 0. The van der Waals surface area contributed by atoms with Crippen LogP contribution in [0.15, 0.2) is 18.2 Å². The van der Waals surface area contributed by atoms with Crippen molar-refractivity contribution in [1.82, 2.24) is 5.32 Å². The van der Waals surface area contributed by atoms with Crippen LogP contribution >= 0.6 is 0 Å². The molecule has 1 aromatic carbocycles. The van der Waals surface area contributed by atoms with Crippen molar-refractivity contribution in [3.8, 4) is 11.5 Å². The van der Waals surface area contributed by atoms with E-state index in [1.54, 1.807) is 7.11 Å². The van der Waals surface area contributed by atoms with Gasteiger partial charge in [0.2, 0.25) is 0 Å². The summed E-state index contributed by atoms with van der Waals surface area (Å²) in [6.45, 7) is 0.825. The lowest BCUT2D eigenvalue weighted by Crippen LogP contribution is -2.14. The Kier molecular flexibility index (Phi) is 4.26. The molecule has 3 heteroatoms. The minimum Gasteiger partial charge on any atom is -0.497 e. The summed E-state index contributed by atoms with van der Waals surface area (Å²) in [5.74, 6) is 1.82. The van der Waals surface area contributed by atoms with Crippen molar-refractivity contribution in [3.63, 3.8) is 0 Å². The molecule has 0 bridgehead atoms. The Labute approximate surface area is 103 Å². The zero-order chi connectivity index (χ0) is 12.1. The minimum absolute atomic E-state index is 0.387. The third-order valence-corrected chi connectivity index (χ3v) is 3.24. The Bertz CT molecular complexity index is 359. The molecule has 0 aliphatic heterocycles. The first-order valence-corrected chi connectivity index (χ1v) is 6.31. The first-order chi connectivity index (χ1) is 8.33. The molecule has 0 saturated heterocycles. The molecule has 3 nitrogen and oxygen atoms in total. The highest BCUT2D eigenvalue weighted by molar-refractivity contribution is 5.40. The normalized spacial score (nSPS) is 16.1. The lowest BCUT2D eigenvalue weighted by molar-refractivity contribution is 0.207. The van der Waals surface area contributed by atoms with Gasteiger partial charge in [-0.05, 0) is 38.8 Å². The van der Waals surface area contributed by atoms with Crippen molar-refractivity contribution >= 4 is 0 Å². The Morgan fingerprint density at radius 1 is 1.29 bits per heavy atom. The molecule has 0 radical (unpaired) electrons. The third kappa shape index (κ3) is 3.13. The smallest absolute Gasteiger partial charge is 0.127 e. The quantitative estimate of drug-likeness (QED) is 0.851. The van der Waals surface area contributed by atoms with Gasteiger partial charge in [0.25, 0.3) is 0 Å². The molecular formula is C14H21NO2. The van der Waals surface area contributed by atoms with Gasteiger partial charge >= 0.3 is 0 Å². The largest absolute Gasteiger partial charge is 0.497 e. The zero-order valence-electron chi connectivity index (χ0n) is 10.7. The van der Waals surface area contributed by atoms with Crippen LogP contribution in [0.25, 0.3) is 0 Å². The van der Waals surface area contributed by atoms with Crippen LogP contribution in [0.1, 0.15) is 31.2 Å². The Morgan fingerprint density at radius 2 is 2.06 bits per heavy atom. The van der Waals surface area contributed by atoms with Gasteiger partial charge < -0.3 is 14.8 Å². The summed E-state index contributed by atoms with van der Waals surface area (Å²) in [5.41, 5.74) is 1.19. The van der Waals surface area contributed by atoms with E-state index in [4.69, 9.17) is 9.47 Å². The fourth-order valence-electron chi connectivity index (χ4n) is 2.29. The maximum Gasteiger partial charge on any atom is 0.127 e. The van der Waals surface area contributed by atoms with Crippen LogP contribution < -0.4 is 14.8 Å². The van der Waals surface area contributed by atoms with Crippen molar-refractivity contribution in [3.05, 3.63) is 23.8 Å². The van der Waals surface area contributed by atoms with Gasteiger partial charge in [0.05, 0.1) is 13.2 Å². The summed E-state index contributed by atoms with van der Waals surface area (Å²) in [5, 5.41) is 3.17. The van der Waals surface area contributed by atoms with Gasteiger partial charge in [0.1, 0.15) is 11.5 Å². The minimum atomic E-state index is 0.387. The van der Waals surface area contributed by atoms with Crippen molar-refractivity contribution in [2.75, 3.05) is 14.2 Å². The molecule has 0 unspecified atom stereocenters. The molecule has 0 amide bonds. The van der Waals surface area contributed by atoms with E-state index in [1.165, 1.54) is 31.2 Å². The molecule has 94 valence electrons. The van der Waals surface area contributed by atoms with Crippen molar-refractivity contribution in [2.24, 2.45) is 0 Å². The van der Waals surface area contributed by atoms with Gasteiger partial charge in [-0.2, -0.15) is 0 Å². The van der Waals surface area contributed by atoms with Crippen molar-refractivity contribution < 1.29 is 9.47 Å². The number of benzene rings is 1. The number of nitrogens with one attached hydrogen (secondary N) is 1. The van der Waals surface area contributed by atoms with Gasteiger partial charge in [-0.1, -0.05) is 6.07 Å². The van der Waals surface area contributed by atoms with E-state index >= 15 is 0 Å². The van der Waals surface area contributed by atoms with E-state index in [0.29, 0.717) is 6.10 Å². The lowest BCUT2D eigenvalue weighted by Gasteiger charge is -2.17. The van der Waals surface area contributed by atoms with Crippen LogP contribution in [0, 0.1) is 0 Å². The number of rotatable bonds is 5. The van der Waals surface area contributed by atoms with Gasteiger partial charge in [0.15, 0.2) is 0 Å². The average molecular weight is 235 g/mol. The van der Waals surface area contributed by atoms with Crippen LogP contribution in [0.2, 0.25) is 0 Å². The summed E-state index contributed by atoms with van der Waals surface area (Å²) in [6.07, 6.45) is 5.32. The second kappa shape index (κ2) is 5.92. The molecule has 0 spiro atoms. The average Bonchev–Trinajstić information content (AvgIpc) is 2.84. The molecule has 17 heavy (non-hydrogen) atoms. The van der Waals surface area contributed by atoms with Crippen LogP contribution in [-0.4, -0.2) is 20.3 Å². The lowest BCUT2D eigenvalue weighted by atomic mass is 10.2. The van der Waals surface area contributed by atoms with E-state index in [-0.39, 0.29) is 0 Å². The number of hydrogen-bond donors (Lipinski definition) is 1. The third-order valence-electron chi connectivity index (χ3n) is 3.24. The molecule has 0 aromatic heterocycles. The summed E-state index contributed by atoms with van der Waals surface area (Å²) in [4.78, 5) is 0. The van der Waals surface area contributed by atoms with Crippen LogP contribution in [0.4, 0.5) is 0 Å². The van der Waals surface area contributed by atoms with Crippen molar-refractivity contribution in [1.29, 1.82) is 0 Å². The standard InChI is InChI=1S/C14H21NO2/c1-15-10-11-7-8-13(16-2)9-14(11)17-12-5-3-4-6-12/h7-9,12,15H,3-6,10H2,1-2H3. The second-order valence-corrected chi connectivity index (χ2v) is 4.53. The predicted octanol–water partition coefficient (Wildman–Crippen LogP) is 2.74. The highest BCUT2D eigenvalue weighted by Crippen LogP contribution is 2.29. The van der Waals surface area contributed by atoms with Gasteiger partial charge in [-0.15, -0.1) is 0 Å². The molecule has 1 fully saturated rings. The Balaban J connectivity index is 2.14. The van der Waals surface area contributed by atoms with Gasteiger partial charge in [-0.3, -0.25) is 0 Å². The fourth-order valence-corrected chi connectivity index (χ4v) is 2.29. The molecule has 0 atom stereocenters. The van der Waals surface area contributed by atoms with Gasteiger partial charge in [-0.25, -0.2) is 0 Å². The predicted molar refractivity (Wildman–Crippen MR) is 68.6 cm³/mol. The topological polar surface area (TPSA) is 30.5 Å². The summed E-state index contributed by atoms with van der Waals surface area (Å²) in [6, 6.07) is 6.04. The van der Waals surface area contributed by atoms with Crippen molar-refractivity contribution in [2.45, 2.75) is 38.3 Å². The monoisotopic (exact) mass is 235 g/mol. The van der Waals surface area contributed by atoms with E-state index in [1.807, 2.05) is 19.2 Å². The zero-order valence-corrected chi connectivity index (χ0v) is 10.7. The SMILES string of the molecule is CNCc1ccc(OC)cc1OC1CCCC1. The molecule has 1 saturated carbocycles. The first kappa shape index (κ1) is 12.2. The maximum atomic E-state index is 6.08. The van der Waals surface area contributed by atoms with E-state index in [2.05, 4.69) is 11.4 Å². The van der Waals surface area contributed by atoms with Gasteiger partial charge in [0, 0.05) is 18.2 Å². The van der Waals surface area contributed by atoms with Crippen LogP contribution in [-0.2, 0) is 6.54 Å². The number of ether oxygens (including phenoxy) is 2. The Morgan fingerprint density at radius 3 is 2.71 bits per heavy atom. The molecule has 1 aliphatic rings. The molecular weight excluding hydrogens is 214 g/mol. The number of methoxy groups -OCH3 is 1. The molecule has 1 aliphatic carbocycles. The highest BCUT2D eigenvalue weighted by Gasteiger charge is 2.18. The summed E-state index contributed by atoms with van der Waals surface area (Å²) < 4.78 is 11.3. The Hall–Kier alpha value is -1.22.